The summed E-state index contributed by atoms with van der Waals surface area (Å²) < 4.78 is 67.0. The van der Waals surface area contributed by atoms with Gasteiger partial charge >= 0.3 is 6.18 Å². The molecule has 0 saturated heterocycles. The summed E-state index contributed by atoms with van der Waals surface area (Å²) in [4.78, 5) is 8.42. The molecule has 0 fully saturated rings. The molecule has 0 atom stereocenters. The highest BCUT2D eigenvalue weighted by Crippen LogP contribution is 2.29. The van der Waals surface area contributed by atoms with E-state index in [9.17, 15) is 21.6 Å². The second-order valence-corrected chi connectivity index (χ2v) is 8.40. The van der Waals surface area contributed by atoms with Crippen LogP contribution < -0.4 is 10.5 Å². The van der Waals surface area contributed by atoms with Crippen LogP contribution in [0.1, 0.15) is 22.6 Å². The number of nitrogens with zero attached hydrogens (tertiary/aromatic N) is 3. The minimum Gasteiger partial charge on any atom is -0.382 e. The highest BCUT2D eigenvalue weighted by Gasteiger charge is 2.30. The smallest absolute Gasteiger partial charge is 0.382 e. The Morgan fingerprint density at radius 2 is 1.72 bits per heavy atom. The fraction of sp³-hybridized carbons (Fsp3) is 0.333. The molecule has 1 aromatic carbocycles. The summed E-state index contributed by atoms with van der Waals surface area (Å²) in [6.07, 6.45) is -4.53. The molecule has 0 aliphatic rings. The van der Waals surface area contributed by atoms with Crippen LogP contribution in [-0.2, 0) is 22.7 Å². The van der Waals surface area contributed by atoms with Gasteiger partial charge in [-0.15, -0.1) is 0 Å². The number of fused-ring (bicyclic) bond motifs is 1. The molecule has 156 valence electrons. The van der Waals surface area contributed by atoms with Crippen molar-refractivity contribution in [1.29, 1.82) is 0 Å². The van der Waals surface area contributed by atoms with Crippen molar-refractivity contribution in [2.45, 2.75) is 38.4 Å². The predicted octanol–water partition coefficient (Wildman–Crippen LogP) is 2.94. The number of aryl methyl sites for hydroxylation is 3. The van der Waals surface area contributed by atoms with E-state index < -0.39 is 21.8 Å². The van der Waals surface area contributed by atoms with Gasteiger partial charge in [0.15, 0.2) is 5.82 Å². The normalized spacial score (nSPS) is 12.6. The average molecular weight is 427 g/mol. The standard InChI is InChI=1S/C18H20F3N5O2S/c1-10-11(2)24-17(22)15-16(10)26(12(3)25-15)9-8-23-29(27,28)14-6-4-13(5-7-14)18(19,20)21/h4-7,23H,8-9H2,1-3H3,(H2,22,24). The number of hydrogen-bond acceptors (Lipinski definition) is 5. The number of nitrogens with two attached hydrogens (primary N) is 1. The molecule has 3 N–H and O–H groups in total. The molecular weight excluding hydrogens is 407 g/mol. The van der Waals surface area contributed by atoms with Crippen LogP contribution in [0.15, 0.2) is 29.2 Å². The van der Waals surface area contributed by atoms with Gasteiger partial charge in [0.25, 0.3) is 0 Å². The van der Waals surface area contributed by atoms with Crippen LogP contribution in [0.5, 0.6) is 0 Å². The average Bonchev–Trinajstić information content (AvgIpc) is 2.96. The maximum Gasteiger partial charge on any atom is 0.416 e. The van der Waals surface area contributed by atoms with Gasteiger partial charge < -0.3 is 10.3 Å². The van der Waals surface area contributed by atoms with Crippen molar-refractivity contribution >= 4 is 26.9 Å². The van der Waals surface area contributed by atoms with Crippen molar-refractivity contribution in [2.75, 3.05) is 12.3 Å². The van der Waals surface area contributed by atoms with Crippen molar-refractivity contribution in [3.8, 4) is 0 Å². The fourth-order valence-corrected chi connectivity index (χ4v) is 4.11. The van der Waals surface area contributed by atoms with Gasteiger partial charge in [-0.05, 0) is 50.6 Å². The van der Waals surface area contributed by atoms with E-state index in [0.29, 0.717) is 17.2 Å². The first kappa shape index (κ1) is 21.1. The molecule has 0 radical (unpaired) electrons. The quantitative estimate of drug-likeness (QED) is 0.652. The third kappa shape index (κ3) is 4.06. The number of pyridine rings is 1. The van der Waals surface area contributed by atoms with E-state index in [1.807, 2.05) is 18.4 Å². The second-order valence-electron chi connectivity index (χ2n) is 6.64. The number of anilines is 1. The van der Waals surface area contributed by atoms with Crippen LogP contribution in [-0.4, -0.2) is 29.5 Å². The molecule has 0 amide bonds. The Kier molecular flexibility index (Phi) is 5.30. The van der Waals surface area contributed by atoms with Crippen LogP contribution >= 0.6 is 0 Å². The van der Waals surface area contributed by atoms with Crippen molar-refractivity contribution in [1.82, 2.24) is 19.3 Å². The van der Waals surface area contributed by atoms with Gasteiger partial charge in [-0.2, -0.15) is 13.2 Å². The van der Waals surface area contributed by atoms with Crippen LogP contribution in [0.25, 0.3) is 11.0 Å². The second kappa shape index (κ2) is 7.30. The molecule has 2 aromatic heterocycles. The van der Waals surface area contributed by atoms with Crippen molar-refractivity contribution in [3.05, 3.63) is 46.9 Å². The predicted molar refractivity (Wildman–Crippen MR) is 103 cm³/mol. The Labute approximate surface area is 165 Å². The Bertz CT molecular complexity index is 1170. The van der Waals surface area contributed by atoms with Gasteiger partial charge in [-0.3, -0.25) is 0 Å². The summed E-state index contributed by atoms with van der Waals surface area (Å²) >= 11 is 0. The zero-order chi connectivity index (χ0) is 21.6. The molecule has 2 heterocycles. The third-order valence-corrected chi connectivity index (χ3v) is 6.18. The summed E-state index contributed by atoms with van der Waals surface area (Å²) in [6, 6.07) is 3.35. The van der Waals surface area contributed by atoms with Crippen LogP contribution in [0, 0.1) is 20.8 Å². The Morgan fingerprint density at radius 3 is 2.31 bits per heavy atom. The molecular formula is C18H20F3N5O2S. The largest absolute Gasteiger partial charge is 0.416 e. The highest BCUT2D eigenvalue weighted by atomic mass is 32.2. The van der Waals surface area contributed by atoms with Crippen LogP contribution in [0.3, 0.4) is 0 Å². The molecule has 11 heteroatoms. The van der Waals surface area contributed by atoms with E-state index in [4.69, 9.17) is 5.73 Å². The number of halogens is 3. The molecule has 0 spiro atoms. The Morgan fingerprint density at radius 1 is 1.10 bits per heavy atom. The lowest BCUT2D eigenvalue weighted by atomic mass is 10.2. The molecule has 3 rings (SSSR count). The highest BCUT2D eigenvalue weighted by molar-refractivity contribution is 7.89. The lowest BCUT2D eigenvalue weighted by molar-refractivity contribution is -0.137. The Hall–Kier alpha value is -2.66. The van der Waals surface area contributed by atoms with E-state index in [1.54, 1.807) is 6.92 Å². The topological polar surface area (TPSA) is 103 Å². The zero-order valence-electron chi connectivity index (χ0n) is 16.0. The van der Waals surface area contributed by atoms with Crippen molar-refractivity contribution in [3.63, 3.8) is 0 Å². The van der Waals surface area contributed by atoms with Crippen LogP contribution in [0.4, 0.5) is 19.0 Å². The monoisotopic (exact) mass is 427 g/mol. The van der Waals surface area contributed by atoms with E-state index in [-0.39, 0.29) is 18.0 Å². The van der Waals surface area contributed by atoms with Gasteiger partial charge in [0, 0.05) is 18.8 Å². The fourth-order valence-electron chi connectivity index (χ4n) is 3.08. The van der Waals surface area contributed by atoms with Gasteiger partial charge in [-0.1, -0.05) is 0 Å². The molecule has 0 unspecified atom stereocenters. The summed E-state index contributed by atoms with van der Waals surface area (Å²) in [7, 11) is -3.96. The number of imidazole rings is 1. The zero-order valence-corrected chi connectivity index (χ0v) is 16.8. The molecule has 0 saturated carbocycles. The molecule has 3 aromatic rings. The first-order valence-corrected chi connectivity index (χ1v) is 10.2. The van der Waals surface area contributed by atoms with E-state index in [2.05, 4.69) is 14.7 Å². The maximum absolute atomic E-state index is 12.6. The molecule has 29 heavy (non-hydrogen) atoms. The summed E-state index contributed by atoms with van der Waals surface area (Å²) in [5.41, 5.74) is 8.01. The van der Waals surface area contributed by atoms with Crippen LogP contribution in [0.2, 0.25) is 0 Å². The summed E-state index contributed by atoms with van der Waals surface area (Å²) in [5.74, 6) is 0.950. The number of rotatable bonds is 5. The molecule has 7 nitrogen and oxygen atoms in total. The van der Waals surface area contributed by atoms with Crippen molar-refractivity contribution in [2.24, 2.45) is 0 Å². The number of aromatic nitrogens is 3. The first-order valence-electron chi connectivity index (χ1n) is 8.68. The number of benzene rings is 1. The van der Waals surface area contributed by atoms with Crippen molar-refractivity contribution < 1.29 is 21.6 Å². The van der Waals surface area contributed by atoms with E-state index in [1.165, 1.54) is 0 Å². The number of sulfonamides is 1. The third-order valence-electron chi connectivity index (χ3n) is 4.71. The maximum atomic E-state index is 12.6. The Balaban J connectivity index is 1.80. The van der Waals surface area contributed by atoms with Gasteiger partial charge in [0.1, 0.15) is 11.3 Å². The number of hydrogen-bond donors (Lipinski definition) is 2. The molecule has 0 bridgehead atoms. The van der Waals surface area contributed by atoms with Gasteiger partial charge in [-0.25, -0.2) is 23.1 Å². The molecule has 0 aliphatic carbocycles. The minimum absolute atomic E-state index is 0.0242. The minimum atomic E-state index is -4.53. The number of alkyl halides is 3. The first-order chi connectivity index (χ1) is 13.4. The SMILES string of the molecule is Cc1nc(N)c2nc(C)n(CCNS(=O)(=O)c3ccc(C(F)(F)F)cc3)c2c1C. The number of nitrogens with one attached hydrogen (secondary N) is 1. The lowest BCUT2D eigenvalue weighted by Gasteiger charge is -2.12. The summed E-state index contributed by atoms with van der Waals surface area (Å²) in [6.45, 7) is 5.78. The number of nitrogen functional groups attached to an aromatic ring is 1. The van der Waals surface area contributed by atoms with E-state index >= 15 is 0 Å². The van der Waals surface area contributed by atoms with Gasteiger partial charge in [0.2, 0.25) is 10.0 Å². The van der Waals surface area contributed by atoms with E-state index in [0.717, 1.165) is 41.0 Å². The van der Waals surface area contributed by atoms with Gasteiger partial charge in [0.05, 0.1) is 16.0 Å². The summed E-state index contributed by atoms with van der Waals surface area (Å²) in [5, 5.41) is 0. The lowest BCUT2D eigenvalue weighted by Crippen LogP contribution is -2.27. The molecule has 0 aliphatic heterocycles.